The van der Waals surface area contributed by atoms with Crippen molar-refractivity contribution in [3.8, 4) is 22.2 Å². The van der Waals surface area contributed by atoms with Crippen LogP contribution in [0.4, 0.5) is 0 Å². The van der Waals surface area contributed by atoms with Crippen LogP contribution < -0.4 is 25.8 Å². The maximum atomic E-state index is 12.5. The minimum Gasteiger partial charge on any atom is -0.504 e. The fourth-order valence-corrected chi connectivity index (χ4v) is 4.96. The SMILES string of the molecule is CNCCNC(=O)c1ccc(Cl)c(C(C)Oc2cc(-n3cnc4cc(O)c(OC)cc43)sc2C(N)=O)c1. The number of nitrogens with two attached hydrogens (primary N) is 1. The first-order chi connectivity index (χ1) is 17.7. The highest BCUT2D eigenvalue weighted by Crippen LogP contribution is 2.38. The summed E-state index contributed by atoms with van der Waals surface area (Å²) in [6.45, 7) is 2.89. The summed E-state index contributed by atoms with van der Waals surface area (Å²) in [4.78, 5) is 29.3. The number of benzene rings is 2. The molecule has 2 aromatic heterocycles. The minimum atomic E-state index is -0.651. The van der Waals surface area contributed by atoms with E-state index in [2.05, 4.69) is 15.6 Å². The van der Waals surface area contributed by atoms with Crippen molar-refractivity contribution in [1.82, 2.24) is 20.2 Å². The Labute approximate surface area is 222 Å². The molecule has 0 fully saturated rings. The molecule has 10 nitrogen and oxygen atoms in total. The van der Waals surface area contributed by atoms with Crippen molar-refractivity contribution in [2.24, 2.45) is 5.73 Å². The maximum absolute atomic E-state index is 12.5. The van der Waals surface area contributed by atoms with Crippen molar-refractivity contribution in [2.45, 2.75) is 13.0 Å². The molecule has 1 atom stereocenters. The largest absolute Gasteiger partial charge is 0.504 e. The zero-order valence-electron chi connectivity index (χ0n) is 20.4. The molecule has 0 saturated heterocycles. The molecule has 194 valence electrons. The molecule has 0 aliphatic rings. The van der Waals surface area contributed by atoms with Crippen LogP contribution in [0.25, 0.3) is 16.0 Å². The van der Waals surface area contributed by atoms with Crippen molar-refractivity contribution in [2.75, 3.05) is 27.2 Å². The van der Waals surface area contributed by atoms with Crippen molar-refractivity contribution in [3.63, 3.8) is 0 Å². The van der Waals surface area contributed by atoms with Gasteiger partial charge in [0.2, 0.25) is 0 Å². The molecule has 2 heterocycles. The van der Waals surface area contributed by atoms with Gasteiger partial charge in [-0.2, -0.15) is 0 Å². The summed E-state index contributed by atoms with van der Waals surface area (Å²) in [6, 6.07) is 9.78. The van der Waals surface area contributed by atoms with Crippen LogP contribution in [-0.4, -0.2) is 53.7 Å². The zero-order chi connectivity index (χ0) is 26.7. The molecule has 0 saturated carbocycles. The molecule has 0 spiro atoms. The summed E-state index contributed by atoms with van der Waals surface area (Å²) in [5.74, 6) is -0.355. The molecule has 1 unspecified atom stereocenters. The second kappa shape index (κ2) is 11.1. The normalized spacial score (nSPS) is 11.9. The Balaban J connectivity index is 1.65. The van der Waals surface area contributed by atoms with E-state index in [-0.39, 0.29) is 28.0 Å². The summed E-state index contributed by atoms with van der Waals surface area (Å²) >= 11 is 7.56. The third-order valence-corrected chi connectivity index (χ3v) is 7.13. The summed E-state index contributed by atoms with van der Waals surface area (Å²) in [5.41, 5.74) is 7.88. The van der Waals surface area contributed by atoms with Gasteiger partial charge in [-0.3, -0.25) is 14.2 Å². The molecular weight excluding hydrogens is 518 g/mol. The highest BCUT2D eigenvalue weighted by molar-refractivity contribution is 7.16. The summed E-state index contributed by atoms with van der Waals surface area (Å²) in [5, 5.41) is 16.9. The van der Waals surface area contributed by atoms with Crippen molar-refractivity contribution < 1.29 is 24.2 Å². The average Bonchev–Trinajstić information content (AvgIpc) is 3.47. The smallest absolute Gasteiger partial charge is 0.262 e. The minimum absolute atomic E-state index is 0.0306. The number of carbonyl (C=O) groups excluding carboxylic acids is 2. The van der Waals surface area contributed by atoms with E-state index >= 15 is 0 Å². The lowest BCUT2D eigenvalue weighted by atomic mass is 10.1. The number of aromatic hydroxyl groups is 1. The van der Waals surface area contributed by atoms with Gasteiger partial charge < -0.3 is 30.9 Å². The number of phenolic OH excluding ortho intramolecular Hbond substituents is 1. The van der Waals surface area contributed by atoms with E-state index in [1.807, 2.05) is 0 Å². The zero-order valence-corrected chi connectivity index (χ0v) is 21.9. The van der Waals surface area contributed by atoms with Crippen molar-refractivity contribution in [3.05, 3.63) is 63.8 Å². The van der Waals surface area contributed by atoms with Crippen LogP contribution in [0.5, 0.6) is 17.2 Å². The third kappa shape index (κ3) is 5.48. The molecule has 12 heteroatoms. The number of primary amides is 1. The van der Waals surface area contributed by atoms with Crippen molar-refractivity contribution in [1.29, 1.82) is 0 Å². The van der Waals surface area contributed by atoms with Crippen LogP contribution in [0.2, 0.25) is 5.02 Å². The first kappa shape index (κ1) is 26.3. The van der Waals surface area contributed by atoms with Crippen LogP contribution in [0.1, 0.15) is 38.6 Å². The fourth-order valence-electron chi connectivity index (χ4n) is 3.76. The number of phenols is 1. The Morgan fingerprint density at radius 3 is 2.70 bits per heavy atom. The molecule has 0 aliphatic heterocycles. The number of likely N-dealkylation sites (N-methyl/N-ethyl adjacent to an activating group) is 1. The predicted molar refractivity (Wildman–Crippen MR) is 142 cm³/mol. The first-order valence-electron chi connectivity index (χ1n) is 11.3. The number of halogens is 1. The molecule has 0 radical (unpaired) electrons. The molecule has 2 amide bonds. The number of rotatable bonds is 10. The number of amides is 2. The summed E-state index contributed by atoms with van der Waals surface area (Å²) in [7, 11) is 3.26. The number of imidazole rings is 1. The molecule has 2 aromatic carbocycles. The molecule has 5 N–H and O–H groups in total. The third-order valence-electron chi connectivity index (χ3n) is 5.65. The van der Waals surface area contributed by atoms with Crippen LogP contribution in [0, 0.1) is 0 Å². The highest BCUT2D eigenvalue weighted by Gasteiger charge is 2.22. The number of hydrogen-bond donors (Lipinski definition) is 4. The van der Waals surface area contributed by atoms with E-state index < -0.39 is 12.0 Å². The van der Waals surface area contributed by atoms with E-state index in [0.29, 0.717) is 45.3 Å². The molecule has 0 aliphatic carbocycles. The van der Waals surface area contributed by atoms with Gasteiger partial charge in [-0.05, 0) is 32.2 Å². The van der Waals surface area contributed by atoms with Gasteiger partial charge in [-0.1, -0.05) is 11.6 Å². The monoisotopic (exact) mass is 543 g/mol. The Morgan fingerprint density at radius 2 is 2.00 bits per heavy atom. The lowest BCUT2D eigenvalue weighted by molar-refractivity contribution is 0.0952. The quantitative estimate of drug-likeness (QED) is 0.224. The summed E-state index contributed by atoms with van der Waals surface area (Å²) in [6.07, 6.45) is 0.968. The van der Waals surface area contributed by atoms with Gasteiger partial charge in [-0.15, -0.1) is 11.3 Å². The van der Waals surface area contributed by atoms with Crippen LogP contribution in [0.3, 0.4) is 0 Å². The van der Waals surface area contributed by atoms with Gasteiger partial charge in [0.25, 0.3) is 11.8 Å². The maximum Gasteiger partial charge on any atom is 0.262 e. The lowest BCUT2D eigenvalue weighted by Crippen LogP contribution is -2.30. The molecule has 0 bridgehead atoms. The number of carbonyl (C=O) groups is 2. The van der Waals surface area contributed by atoms with E-state index in [4.69, 9.17) is 26.8 Å². The molecule has 4 rings (SSSR count). The molecule has 37 heavy (non-hydrogen) atoms. The Kier molecular flexibility index (Phi) is 7.86. The Morgan fingerprint density at radius 1 is 1.22 bits per heavy atom. The topological polar surface area (TPSA) is 141 Å². The van der Waals surface area contributed by atoms with Gasteiger partial charge in [-0.25, -0.2) is 4.98 Å². The number of ether oxygens (including phenoxy) is 2. The number of nitrogens with zero attached hydrogens (tertiary/aromatic N) is 2. The van der Waals surface area contributed by atoms with Crippen LogP contribution in [-0.2, 0) is 0 Å². The van der Waals surface area contributed by atoms with E-state index in [9.17, 15) is 14.7 Å². The van der Waals surface area contributed by atoms with Crippen molar-refractivity contribution >= 4 is 45.8 Å². The van der Waals surface area contributed by atoms with Gasteiger partial charge in [0.1, 0.15) is 28.1 Å². The average molecular weight is 544 g/mol. The standard InChI is InChI=1S/C25H26ClN5O5S/c1-13(15-8-14(4-5-16(15)26)25(34)29-7-6-28-2)36-21-11-22(37-23(21)24(27)33)31-12-30-17-9-19(32)20(35-3)10-18(17)31/h4-5,8-13,28,32H,6-7H2,1-3H3,(H2,27,33)(H,29,34). The fraction of sp³-hybridized carbons (Fsp3) is 0.240. The van der Waals surface area contributed by atoms with Crippen LogP contribution in [0.15, 0.2) is 42.7 Å². The number of thiophene rings is 1. The molecule has 4 aromatic rings. The number of hydrogen-bond acceptors (Lipinski definition) is 8. The Bertz CT molecular complexity index is 1470. The number of methoxy groups -OCH3 is 1. The Hall–Kier alpha value is -3.80. The highest BCUT2D eigenvalue weighted by atomic mass is 35.5. The van der Waals surface area contributed by atoms with E-state index in [1.54, 1.807) is 55.2 Å². The second-order valence-corrected chi connectivity index (χ2v) is 9.56. The predicted octanol–water partition coefficient (Wildman–Crippen LogP) is 3.64. The lowest BCUT2D eigenvalue weighted by Gasteiger charge is -2.17. The molecular formula is C25H26ClN5O5S. The second-order valence-electron chi connectivity index (χ2n) is 8.13. The van der Waals surface area contributed by atoms with Gasteiger partial charge in [0.05, 0.1) is 18.1 Å². The van der Waals surface area contributed by atoms with Crippen LogP contribution >= 0.6 is 22.9 Å². The van der Waals surface area contributed by atoms with E-state index in [0.717, 1.165) is 11.3 Å². The van der Waals surface area contributed by atoms with Gasteiger partial charge in [0.15, 0.2) is 11.5 Å². The number of fused-ring (bicyclic) bond motifs is 1. The number of aromatic nitrogens is 2. The summed E-state index contributed by atoms with van der Waals surface area (Å²) < 4.78 is 13.1. The van der Waals surface area contributed by atoms with E-state index in [1.165, 1.54) is 13.2 Å². The first-order valence-corrected chi connectivity index (χ1v) is 12.5. The number of nitrogens with one attached hydrogen (secondary N) is 2. The van der Waals surface area contributed by atoms with Gasteiger partial charge >= 0.3 is 0 Å². The van der Waals surface area contributed by atoms with Gasteiger partial charge in [0, 0.05) is 47.4 Å².